The Kier molecular flexibility index (Phi) is 6.98. The van der Waals surface area contributed by atoms with E-state index in [1.54, 1.807) is 0 Å². The van der Waals surface area contributed by atoms with Crippen LogP contribution in [0.3, 0.4) is 0 Å². The van der Waals surface area contributed by atoms with Gasteiger partial charge in [0.2, 0.25) is 0 Å². The second-order valence-corrected chi connectivity index (χ2v) is 9.10. The van der Waals surface area contributed by atoms with Gasteiger partial charge in [0.25, 0.3) is 0 Å². The summed E-state index contributed by atoms with van der Waals surface area (Å²) in [4.78, 5) is 2.49. The lowest BCUT2D eigenvalue weighted by Gasteiger charge is -2.42. The van der Waals surface area contributed by atoms with Crippen molar-refractivity contribution in [3.63, 3.8) is 0 Å². The minimum atomic E-state index is -0.648. The number of hydrogen-bond acceptors (Lipinski definition) is 2. The van der Waals surface area contributed by atoms with Gasteiger partial charge in [-0.15, -0.1) is 0 Å². The van der Waals surface area contributed by atoms with E-state index in [0.29, 0.717) is 10.0 Å². The molecule has 3 aromatic rings. The van der Waals surface area contributed by atoms with E-state index in [9.17, 15) is 5.26 Å². The summed E-state index contributed by atoms with van der Waals surface area (Å²) >= 11 is 12.2. The second kappa shape index (κ2) is 9.88. The Bertz CT molecular complexity index is 1000. The van der Waals surface area contributed by atoms with E-state index in [1.807, 2.05) is 54.6 Å². The van der Waals surface area contributed by atoms with Crippen LogP contribution in [0.1, 0.15) is 29.5 Å². The van der Waals surface area contributed by atoms with E-state index < -0.39 is 5.41 Å². The van der Waals surface area contributed by atoms with Crippen LogP contribution >= 0.6 is 23.2 Å². The summed E-state index contributed by atoms with van der Waals surface area (Å²) in [5, 5.41) is 11.8. The van der Waals surface area contributed by atoms with Gasteiger partial charge in [-0.1, -0.05) is 89.9 Å². The van der Waals surface area contributed by atoms with Crippen LogP contribution in [0.15, 0.2) is 78.9 Å². The highest BCUT2D eigenvalue weighted by molar-refractivity contribution is 6.42. The zero-order valence-electron chi connectivity index (χ0n) is 17.5. The molecule has 0 bridgehead atoms. The third-order valence-electron chi connectivity index (χ3n) is 6.45. The lowest BCUT2D eigenvalue weighted by molar-refractivity contribution is 0.148. The molecule has 1 aliphatic rings. The predicted molar refractivity (Wildman–Crippen MR) is 129 cm³/mol. The normalized spacial score (nSPS) is 17.3. The lowest BCUT2D eigenvalue weighted by Crippen LogP contribution is -2.46. The van der Waals surface area contributed by atoms with Gasteiger partial charge in [-0.25, -0.2) is 0 Å². The molecular formula is C27H26Cl2N2. The van der Waals surface area contributed by atoms with Crippen molar-refractivity contribution in [2.75, 3.05) is 19.6 Å². The van der Waals surface area contributed by atoms with Crippen molar-refractivity contribution in [2.24, 2.45) is 5.92 Å². The molecule has 1 saturated heterocycles. The Morgan fingerprint density at radius 3 is 2.13 bits per heavy atom. The summed E-state index contributed by atoms with van der Waals surface area (Å²) in [6, 6.07) is 29.2. The fourth-order valence-electron chi connectivity index (χ4n) is 4.85. The molecule has 3 aromatic carbocycles. The van der Waals surface area contributed by atoms with Crippen molar-refractivity contribution in [3.8, 4) is 6.07 Å². The lowest BCUT2D eigenvalue weighted by atomic mass is 9.64. The Hall–Kier alpha value is -2.31. The minimum Gasteiger partial charge on any atom is -0.303 e. The molecule has 0 aliphatic carbocycles. The molecule has 0 N–H and O–H groups in total. The van der Waals surface area contributed by atoms with Crippen molar-refractivity contribution in [3.05, 3.63) is 106 Å². The number of piperidine rings is 1. The molecule has 0 radical (unpaired) electrons. The fraction of sp³-hybridized carbons (Fsp3) is 0.296. The molecule has 158 valence electrons. The van der Waals surface area contributed by atoms with Crippen LogP contribution in [0.5, 0.6) is 0 Å². The van der Waals surface area contributed by atoms with E-state index in [4.69, 9.17) is 23.2 Å². The first-order chi connectivity index (χ1) is 15.1. The third-order valence-corrected chi connectivity index (χ3v) is 7.19. The summed E-state index contributed by atoms with van der Waals surface area (Å²) in [6.07, 6.45) is 3.05. The highest BCUT2D eigenvalue weighted by Crippen LogP contribution is 2.43. The van der Waals surface area contributed by atoms with Crippen LogP contribution in [-0.4, -0.2) is 24.5 Å². The summed E-state index contributed by atoms with van der Waals surface area (Å²) < 4.78 is 0. The van der Waals surface area contributed by atoms with Crippen LogP contribution < -0.4 is 0 Å². The average Bonchev–Trinajstić information content (AvgIpc) is 2.82. The molecule has 1 fully saturated rings. The maximum absolute atomic E-state index is 10.6. The molecule has 2 nitrogen and oxygen atoms in total. The molecule has 1 heterocycles. The summed E-state index contributed by atoms with van der Waals surface area (Å²) in [6.45, 7) is 2.90. The molecule has 0 saturated carbocycles. The van der Waals surface area contributed by atoms with Crippen molar-refractivity contribution in [1.29, 1.82) is 5.26 Å². The fourth-order valence-corrected chi connectivity index (χ4v) is 5.18. The standard InChI is InChI=1S/C27H26Cl2N2/c28-25-14-13-21(18-26(25)29)15-17-31-16-7-12-24(19-31)27(20-30,22-8-3-1-4-9-22)23-10-5-2-6-11-23/h1-6,8-11,13-14,18,24H,7,12,15-17,19H2/t24-/m0/s1. The molecule has 4 rings (SSSR count). The van der Waals surface area contributed by atoms with E-state index in [0.717, 1.165) is 50.0 Å². The summed E-state index contributed by atoms with van der Waals surface area (Å²) in [5.74, 6) is 0.227. The highest BCUT2D eigenvalue weighted by Gasteiger charge is 2.44. The van der Waals surface area contributed by atoms with Gasteiger partial charge >= 0.3 is 0 Å². The maximum Gasteiger partial charge on any atom is 0.111 e. The Morgan fingerprint density at radius 2 is 1.55 bits per heavy atom. The first-order valence-corrected chi connectivity index (χ1v) is 11.6. The number of nitrogens with zero attached hydrogens (tertiary/aromatic N) is 2. The van der Waals surface area contributed by atoms with Gasteiger partial charge in [0, 0.05) is 13.1 Å². The van der Waals surface area contributed by atoms with Gasteiger partial charge in [-0.2, -0.15) is 5.26 Å². The smallest absolute Gasteiger partial charge is 0.111 e. The second-order valence-electron chi connectivity index (χ2n) is 8.29. The van der Waals surface area contributed by atoms with Gasteiger partial charge < -0.3 is 4.90 Å². The topological polar surface area (TPSA) is 27.0 Å². The van der Waals surface area contributed by atoms with Crippen molar-refractivity contribution in [1.82, 2.24) is 4.90 Å². The number of halogens is 2. The zero-order valence-corrected chi connectivity index (χ0v) is 19.0. The van der Waals surface area contributed by atoms with Crippen molar-refractivity contribution < 1.29 is 0 Å². The first kappa shape index (κ1) is 21.9. The molecule has 31 heavy (non-hydrogen) atoms. The zero-order chi connectivity index (χ0) is 21.7. The molecule has 0 spiro atoms. The van der Waals surface area contributed by atoms with Gasteiger partial charge in [0.15, 0.2) is 0 Å². The van der Waals surface area contributed by atoms with Gasteiger partial charge in [0.1, 0.15) is 5.41 Å². The molecular weight excluding hydrogens is 423 g/mol. The Balaban J connectivity index is 1.59. The van der Waals surface area contributed by atoms with E-state index >= 15 is 0 Å². The van der Waals surface area contributed by atoms with Crippen LogP contribution in [0.2, 0.25) is 10.0 Å². The Morgan fingerprint density at radius 1 is 0.903 bits per heavy atom. The van der Waals surface area contributed by atoms with Gasteiger partial charge in [-0.05, 0) is 60.5 Å². The minimum absolute atomic E-state index is 0.227. The molecule has 4 heteroatoms. The van der Waals surface area contributed by atoms with E-state index in [-0.39, 0.29) is 5.92 Å². The maximum atomic E-state index is 10.6. The highest BCUT2D eigenvalue weighted by atomic mass is 35.5. The first-order valence-electron chi connectivity index (χ1n) is 10.8. The molecule has 0 aromatic heterocycles. The largest absolute Gasteiger partial charge is 0.303 e. The van der Waals surface area contributed by atoms with Gasteiger partial charge in [-0.3, -0.25) is 0 Å². The number of likely N-dealkylation sites (tertiary alicyclic amines) is 1. The Labute approximate surface area is 195 Å². The summed E-state index contributed by atoms with van der Waals surface area (Å²) in [5.41, 5.74) is 2.71. The number of nitriles is 1. The van der Waals surface area contributed by atoms with Crippen LogP contribution in [0, 0.1) is 17.2 Å². The molecule has 0 unspecified atom stereocenters. The molecule has 0 amide bonds. The monoisotopic (exact) mass is 448 g/mol. The van der Waals surface area contributed by atoms with Crippen LogP contribution in [0.25, 0.3) is 0 Å². The predicted octanol–water partition coefficient (Wildman–Crippen LogP) is 6.76. The van der Waals surface area contributed by atoms with Crippen LogP contribution in [-0.2, 0) is 11.8 Å². The van der Waals surface area contributed by atoms with E-state index in [1.165, 1.54) is 5.56 Å². The molecule has 1 atom stereocenters. The van der Waals surface area contributed by atoms with E-state index in [2.05, 4.69) is 35.2 Å². The third kappa shape index (κ3) is 4.65. The number of rotatable bonds is 6. The average molecular weight is 449 g/mol. The quantitative estimate of drug-likeness (QED) is 0.416. The molecule has 1 aliphatic heterocycles. The summed E-state index contributed by atoms with van der Waals surface area (Å²) in [7, 11) is 0. The SMILES string of the molecule is N#CC(c1ccccc1)(c1ccccc1)[C@H]1CCCN(CCc2ccc(Cl)c(Cl)c2)C1. The number of benzene rings is 3. The number of hydrogen-bond donors (Lipinski definition) is 0. The van der Waals surface area contributed by atoms with Crippen molar-refractivity contribution >= 4 is 23.2 Å². The van der Waals surface area contributed by atoms with Crippen molar-refractivity contribution in [2.45, 2.75) is 24.7 Å². The van der Waals surface area contributed by atoms with Gasteiger partial charge in [0.05, 0.1) is 16.1 Å². The van der Waals surface area contributed by atoms with Crippen LogP contribution in [0.4, 0.5) is 0 Å².